The lowest BCUT2D eigenvalue weighted by atomic mass is 10.1. The van der Waals surface area contributed by atoms with Gasteiger partial charge in [0.1, 0.15) is 22.9 Å². The van der Waals surface area contributed by atoms with E-state index in [1.807, 2.05) is 22.6 Å². The van der Waals surface area contributed by atoms with Crippen LogP contribution in [-0.4, -0.2) is 32.0 Å². The molecule has 0 bridgehead atoms. The van der Waals surface area contributed by atoms with E-state index in [2.05, 4.69) is 20.1 Å². The molecule has 1 amide bonds. The molecule has 0 saturated carbocycles. The molecule has 0 unspecified atom stereocenters. The largest absolute Gasteiger partial charge is 0.456 e. The molecule has 0 spiro atoms. The number of carbonyl (C=O) groups is 1. The highest BCUT2D eigenvalue weighted by atomic mass is 127. The molecule has 0 saturated heterocycles. The van der Waals surface area contributed by atoms with Gasteiger partial charge in [-0.25, -0.2) is 9.11 Å². The number of carbonyl (C=O) groups excluding carboxylic acids is 1. The lowest BCUT2D eigenvalue weighted by Gasteiger charge is -2.22. The smallest absolute Gasteiger partial charge is 0.298 e. The predicted molar refractivity (Wildman–Crippen MR) is 150 cm³/mol. The summed E-state index contributed by atoms with van der Waals surface area (Å²) in [5, 5.41) is 5.67. The SMILES string of the molecule is CNS(=O)(=O)Nc1cccc(Oc2c(C(=O)NC(C)C)c(Nc3ccc(I)cc3F)n(C)c(=O)c2C)c1. The predicted octanol–water partition coefficient (Wildman–Crippen LogP) is 3.99. The number of anilines is 3. The number of ether oxygens (including phenoxy) is 1. The van der Waals surface area contributed by atoms with E-state index in [1.54, 1.807) is 32.0 Å². The van der Waals surface area contributed by atoms with Crippen molar-refractivity contribution < 1.29 is 22.3 Å². The van der Waals surface area contributed by atoms with E-state index < -0.39 is 27.5 Å². The Bertz CT molecular complexity index is 1510. The van der Waals surface area contributed by atoms with Gasteiger partial charge in [-0.3, -0.25) is 18.9 Å². The highest BCUT2D eigenvalue weighted by Crippen LogP contribution is 2.35. The molecule has 0 fully saturated rings. The second-order valence-electron chi connectivity index (χ2n) is 8.36. The van der Waals surface area contributed by atoms with Crippen molar-refractivity contribution in [2.75, 3.05) is 17.1 Å². The first kappa shape index (κ1) is 28.4. The van der Waals surface area contributed by atoms with Gasteiger partial charge < -0.3 is 15.4 Å². The first-order valence-corrected chi connectivity index (χ1v) is 13.6. The summed E-state index contributed by atoms with van der Waals surface area (Å²) in [6.45, 7) is 5.06. The van der Waals surface area contributed by atoms with Crippen molar-refractivity contribution in [1.82, 2.24) is 14.6 Å². The Morgan fingerprint density at radius 2 is 1.86 bits per heavy atom. The number of hydrogen-bond acceptors (Lipinski definition) is 6. The van der Waals surface area contributed by atoms with Crippen LogP contribution in [0.15, 0.2) is 47.3 Å². The molecule has 10 nitrogen and oxygen atoms in total. The first-order valence-electron chi connectivity index (χ1n) is 11.1. The summed E-state index contributed by atoms with van der Waals surface area (Å²) in [5.74, 6) is -0.983. The maximum atomic E-state index is 14.7. The molecule has 0 radical (unpaired) electrons. The molecule has 198 valence electrons. The summed E-state index contributed by atoms with van der Waals surface area (Å²) in [4.78, 5) is 26.5. The van der Waals surface area contributed by atoms with Gasteiger partial charge in [-0.05, 0) is 73.7 Å². The van der Waals surface area contributed by atoms with Gasteiger partial charge in [-0.2, -0.15) is 8.42 Å². The Balaban J connectivity index is 2.19. The molecule has 0 aliphatic heterocycles. The molecule has 37 heavy (non-hydrogen) atoms. The van der Waals surface area contributed by atoms with E-state index in [-0.39, 0.29) is 45.9 Å². The van der Waals surface area contributed by atoms with Crippen LogP contribution in [0.1, 0.15) is 29.8 Å². The molecule has 1 aromatic heterocycles. The Kier molecular flexibility index (Phi) is 8.81. The normalized spacial score (nSPS) is 11.4. The monoisotopic (exact) mass is 643 g/mol. The highest BCUT2D eigenvalue weighted by molar-refractivity contribution is 14.1. The maximum absolute atomic E-state index is 14.7. The topological polar surface area (TPSA) is 131 Å². The molecule has 1 heterocycles. The second-order valence-corrected chi connectivity index (χ2v) is 11.2. The minimum absolute atomic E-state index is 0.0209. The number of nitrogens with one attached hydrogen (secondary N) is 4. The summed E-state index contributed by atoms with van der Waals surface area (Å²) in [6, 6.07) is 10.3. The van der Waals surface area contributed by atoms with Gasteiger partial charge in [-0.15, -0.1) is 0 Å². The fourth-order valence-corrected chi connectivity index (χ4v) is 4.39. The number of rotatable bonds is 9. The van der Waals surface area contributed by atoms with Crippen LogP contribution in [0.5, 0.6) is 11.5 Å². The third-order valence-corrected chi connectivity index (χ3v) is 6.88. The van der Waals surface area contributed by atoms with E-state index in [9.17, 15) is 22.4 Å². The van der Waals surface area contributed by atoms with Crippen LogP contribution in [0.25, 0.3) is 0 Å². The number of pyridine rings is 1. The molecule has 13 heteroatoms. The number of nitrogens with zero attached hydrogens (tertiary/aromatic N) is 1. The van der Waals surface area contributed by atoms with Gasteiger partial charge in [0.05, 0.1) is 16.9 Å². The highest BCUT2D eigenvalue weighted by Gasteiger charge is 2.27. The molecule has 0 aliphatic rings. The van der Waals surface area contributed by atoms with Gasteiger partial charge >= 0.3 is 0 Å². The van der Waals surface area contributed by atoms with Crippen LogP contribution in [0.2, 0.25) is 0 Å². The van der Waals surface area contributed by atoms with Crippen molar-refractivity contribution in [2.24, 2.45) is 7.05 Å². The van der Waals surface area contributed by atoms with E-state index in [1.165, 1.54) is 49.9 Å². The van der Waals surface area contributed by atoms with Gasteiger partial charge in [0.15, 0.2) is 5.75 Å². The Labute approximate surface area is 227 Å². The third-order valence-electron chi connectivity index (χ3n) is 5.17. The number of hydrogen-bond donors (Lipinski definition) is 4. The average molecular weight is 643 g/mol. The van der Waals surface area contributed by atoms with Gasteiger partial charge in [0, 0.05) is 29.8 Å². The number of halogens is 2. The zero-order valence-corrected chi connectivity index (χ0v) is 23.7. The van der Waals surface area contributed by atoms with E-state index in [4.69, 9.17) is 4.74 Å². The summed E-state index contributed by atoms with van der Waals surface area (Å²) in [5.41, 5.74) is -0.108. The second kappa shape index (κ2) is 11.5. The number of amides is 1. The Hall–Kier alpha value is -3.17. The minimum atomic E-state index is -3.79. The van der Waals surface area contributed by atoms with E-state index in [0.29, 0.717) is 3.57 Å². The van der Waals surface area contributed by atoms with Gasteiger partial charge in [0.2, 0.25) is 0 Å². The zero-order chi connectivity index (χ0) is 27.5. The standard InChI is InChI=1S/C24H27FIN5O5S/c1-13(2)28-23(32)20-21(36-17-8-6-7-16(12-17)30-37(34,35)27-4)14(3)24(33)31(5)22(20)29-19-10-9-15(26)11-18(19)25/h6-13,27,29-30H,1-5H3,(H,28,32). The van der Waals surface area contributed by atoms with Crippen LogP contribution >= 0.6 is 22.6 Å². The molecular formula is C24H27FIN5O5S. The van der Waals surface area contributed by atoms with Crippen LogP contribution in [-0.2, 0) is 17.3 Å². The molecule has 3 rings (SSSR count). The molecular weight excluding hydrogens is 616 g/mol. The van der Waals surface area contributed by atoms with Gasteiger partial charge in [0.25, 0.3) is 21.7 Å². The van der Waals surface area contributed by atoms with Crippen molar-refractivity contribution in [2.45, 2.75) is 26.8 Å². The average Bonchev–Trinajstić information content (AvgIpc) is 2.81. The van der Waals surface area contributed by atoms with E-state index in [0.717, 1.165) is 0 Å². The van der Waals surface area contributed by atoms with Crippen LogP contribution in [0.3, 0.4) is 0 Å². The lowest BCUT2D eigenvalue weighted by Crippen LogP contribution is -2.34. The van der Waals surface area contributed by atoms with Crippen LogP contribution < -0.4 is 30.4 Å². The number of benzene rings is 2. The first-order chi connectivity index (χ1) is 17.3. The lowest BCUT2D eigenvalue weighted by molar-refractivity contribution is 0.0941. The maximum Gasteiger partial charge on any atom is 0.298 e. The minimum Gasteiger partial charge on any atom is -0.456 e. The van der Waals surface area contributed by atoms with Crippen LogP contribution in [0.4, 0.5) is 21.6 Å². The van der Waals surface area contributed by atoms with Crippen molar-refractivity contribution in [3.05, 3.63) is 73.3 Å². The van der Waals surface area contributed by atoms with Crippen molar-refractivity contribution >= 4 is 55.9 Å². The fraction of sp³-hybridized carbons (Fsp3) is 0.250. The molecule has 0 aliphatic carbocycles. The summed E-state index contributed by atoms with van der Waals surface area (Å²) in [7, 11) is -1.06. The molecule has 2 aromatic carbocycles. The number of aromatic nitrogens is 1. The Morgan fingerprint density at radius 3 is 2.49 bits per heavy atom. The summed E-state index contributed by atoms with van der Waals surface area (Å²) >= 11 is 1.98. The van der Waals surface area contributed by atoms with Crippen molar-refractivity contribution in [1.29, 1.82) is 0 Å². The molecule has 0 atom stereocenters. The third kappa shape index (κ3) is 6.78. The Morgan fingerprint density at radius 1 is 1.16 bits per heavy atom. The van der Waals surface area contributed by atoms with E-state index >= 15 is 0 Å². The van der Waals surface area contributed by atoms with Crippen LogP contribution in [0, 0.1) is 16.3 Å². The summed E-state index contributed by atoms with van der Waals surface area (Å²) in [6.07, 6.45) is 0. The fourth-order valence-electron chi connectivity index (χ4n) is 3.40. The summed E-state index contributed by atoms with van der Waals surface area (Å²) < 4.78 is 50.9. The quantitative estimate of drug-likeness (QED) is 0.261. The van der Waals surface area contributed by atoms with Gasteiger partial charge in [-0.1, -0.05) is 6.07 Å². The molecule has 4 N–H and O–H groups in total. The van der Waals surface area contributed by atoms with Crippen molar-refractivity contribution in [3.63, 3.8) is 0 Å². The zero-order valence-electron chi connectivity index (χ0n) is 20.8. The van der Waals surface area contributed by atoms with Crippen molar-refractivity contribution in [3.8, 4) is 11.5 Å². The molecule has 3 aromatic rings.